The highest BCUT2D eigenvalue weighted by Gasteiger charge is 1.96. The van der Waals surface area contributed by atoms with Crippen LogP contribution in [0.15, 0.2) is 54.6 Å². The normalized spacial score (nSPS) is 10.4. The summed E-state index contributed by atoms with van der Waals surface area (Å²) in [7, 11) is 0. The fourth-order valence-electron chi connectivity index (χ4n) is 2.16. The van der Waals surface area contributed by atoms with Gasteiger partial charge in [-0.05, 0) is 36.1 Å². The van der Waals surface area contributed by atoms with Crippen LogP contribution in [0.25, 0.3) is 0 Å². The van der Waals surface area contributed by atoms with Crippen LogP contribution in [0.5, 0.6) is 0 Å². The number of hydrogen-bond acceptors (Lipinski definition) is 1. The first-order valence-electron chi connectivity index (χ1n) is 7.25. The third-order valence-electron chi connectivity index (χ3n) is 3.36. The van der Waals surface area contributed by atoms with Crippen molar-refractivity contribution in [2.45, 2.75) is 39.2 Å². The summed E-state index contributed by atoms with van der Waals surface area (Å²) in [6.07, 6.45) is 5.13. The van der Waals surface area contributed by atoms with E-state index in [2.05, 4.69) is 60.8 Å². The standard InChI is InChI=1S/C18H23N/c1-2-3-5-8-16-11-13-17(14-12-16)15-19-18-9-6-4-7-10-18/h4,6-7,9-14,19H,2-3,5,8,15H2,1H3. The number of anilines is 1. The van der Waals surface area contributed by atoms with Crippen molar-refractivity contribution in [2.75, 3.05) is 5.32 Å². The van der Waals surface area contributed by atoms with Gasteiger partial charge in [-0.3, -0.25) is 0 Å². The van der Waals surface area contributed by atoms with Gasteiger partial charge in [0.05, 0.1) is 0 Å². The summed E-state index contributed by atoms with van der Waals surface area (Å²) in [6, 6.07) is 19.3. The molecule has 0 aromatic heterocycles. The molecule has 0 atom stereocenters. The zero-order valence-electron chi connectivity index (χ0n) is 11.7. The van der Waals surface area contributed by atoms with Gasteiger partial charge >= 0.3 is 0 Å². The molecule has 0 heterocycles. The monoisotopic (exact) mass is 253 g/mol. The predicted octanol–water partition coefficient (Wildman–Crippen LogP) is 5.03. The summed E-state index contributed by atoms with van der Waals surface area (Å²) in [5.41, 5.74) is 3.97. The highest BCUT2D eigenvalue weighted by molar-refractivity contribution is 5.43. The molecule has 0 radical (unpaired) electrons. The van der Waals surface area contributed by atoms with Gasteiger partial charge in [-0.1, -0.05) is 62.2 Å². The van der Waals surface area contributed by atoms with Crippen molar-refractivity contribution in [3.05, 3.63) is 65.7 Å². The van der Waals surface area contributed by atoms with Crippen LogP contribution in [-0.4, -0.2) is 0 Å². The molecule has 0 unspecified atom stereocenters. The number of rotatable bonds is 7. The number of benzene rings is 2. The van der Waals surface area contributed by atoms with Crippen LogP contribution in [0.3, 0.4) is 0 Å². The van der Waals surface area contributed by atoms with E-state index < -0.39 is 0 Å². The Morgan fingerprint density at radius 3 is 2.16 bits per heavy atom. The largest absolute Gasteiger partial charge is 0.381 e. The van der Waals surface area contributed by atoms with Crippen molar-refractivity contribution in [1.29, 1.82) is 0 Å². The molecule has 1 nitrogen and oxygen atoms in total. The first-order valence-corrected chi connectivity index (χ1v) is 7.25. The second-order valence-corrected chi connectivity index (χ2v) is 4.99. The Morgan fingerprint density at radius 2 is 1.47 bits per heavy atom. The Bertz CT molecular complexity index is 459. The first kappa shape index (κ1) is 13.7. The molecule has 0 aliphatic carbocycles. The van der Waals surface area contributed by atoms with Gasteiger partial charge in [0.1, 0.15) is 0 Å². The smallest absolute Gasteiger partial charge is 0.0400 e. The number of unbranched alkanes of at least 4 members (excludes halogenated alkanes) is 2. The Kier molecular flexibility index (Phi) is 5.49. The number of para-hydroxylation sites is 1. The topological polar surface area (TPSA) is 12.0 Å². The molecule has 0 bridgehead atoms. The third kappa shape index (κ3) is 4.78. The molecule has 1 N–H and O–H groups in total. The second-order valence-electron chi connectivity index (χ2n) is 4.99. The fourth-order valence-corrected chi connectivity index (χ4v) is 2.16. The van der Waals surface area contributed by atoms with Crippen LogP contribution >= 0.6 is 0 Å². The summed E-state index contributed by atoms with van der Waals surface area (Å²) in [4.78, 5) is 0. The molecule has 0 amide bonds. The molecular weight excluding hydrogens is 230 g/mol. The minimum absolute atomic E-state index is 0.888. The molecule has 0 aliphatic rings. The van der Waals surface area contributed by atoms with Crippen LogP contribution in [0.2, 0.25) is 0 Å². The van der Waals surface area contributed by atoms with E-state index in [1.165, 1.54) is 42.5 Å². The Morgan fingerprint density at radius 1 is 0.789 bits per heavy atom. The predicted molar refractivity (Wildman–Crippen MR) is 83.4 cm³/mol. The van der Waals surface area contributed by atoms with Gasteiger partial charge < -0.3 is 5.32 Å². The van der Waals surface area contributed by atoms with E-state index in [1.54, 1.807) is 0 Å². The highest BCUT2D eigenvalue weighted by Crippen LogP contribution is 2.11. The highest BCUT2D eigenvalue weighted by atomic mass is 14.9. The molecule has 0 spiro atoms. The van der Waals surface area contributed by atoms with E-state index >= 15 is 0 Å². The maximum atomic E-state index is 3.43. The summed E-state index contributed by atoms with van der Waals surface area (Å²) in [5, 5.41) is 3.43. The van der Waals surface area contributed by atoms with Gasteiger partial charge in [-0.2, -0.15) is 0 Å². The van der Waals surface area contributed by atoms with Crippen molar-refractivity contribution in [3.63, 3.8) is 0 Å². The van der Waals surface area contributed by atoms with E-state index in [1.807, 2.05) is 6.07 Å². The average molecular weight is 253 g/mol. The summed E-state index contributed by atoms with van der Waals surface area (Å²) >= 11 is 0. The van der Waals surface area contributed by atoms with Crippen molar-refractivity contribution in [1.82, 2.24) is 0 Å². The molecule has 100 valence electrons. The van der Waals surface area contributed by atoms with Crippen molar-refractivity contribution in [2.24, 2.45) is 0 Å². The van der Waals surface area contributed by atoms with Gasteiger partial charge in [0.15, 0.2) is 0 Å². The van der Waals surface area contributed by atoms with Crippen molar-refractivity contribution < 1.29 is 0 Å². The zero-order chi connectivity index (χ0) is 13.3. The van der Waals surface area contributed by atoms with Crippen LogP contribution < -0.4 is 5.32 Å². The molecule has 2 aromatic carbocycles. The van der Waals surface area contributed by atoms with Gasteiger partial charge in [0.25, 0.3) is 0 Å². The minimum Gasteiger partial charge on any atom is -0.381 e. The quantitative estimate of drug-likeness (QED) is 0.682. The molecular formula is C18H23N. The van der Waals surface area contributed by atoms with Gasteiger partial charge in [-0.25, -0.2) is 0 Å². The number of hydrogen-bond donors (Lipinski definition) is 1. The lowest BCUT2D eigenvalue weighted by atomic mass is 10.1. The molecule has 2 rings (SSSR count). The number of aryl methyl sites for hydroxylation is 1. The lowest BCUT2D eigenvalue weighted by Crippen LogP contribution is -1.99. The van der Waals surface area contributed by atoms with E-state index in [4.69, 9.17) is 0 Å². The first-order chi connectivity index (χ1) is 9.38. The second kappa shape index (κ2) is 7.63. The van der Waals surface area contributed by atoms with E-state index in [9.17, 15) is 0 Å². The maximum absolute atomic E-state index is 3.43. The summed E-state index contributed by atoms with van der Waals surface area (Å²) in [5.74, 6) is 0. The average Bonchev–Trinajstić information content (AvgIpc) is 2.48. The van der Waals surface area contributed by atoms with Gasteiger partial charge in [0.2, 0.25) is 0 Å². The van der Waals surface area contributed by atoms with Gasteiger partial charge in [-0.15, -0.1) is 0 Å². The molecule has 0 saturated carbocycles. The molecule has 1 heteroatoms. The Balaban J connectivity index is 1.81. The van der Waals surface area contributed by atoms with Crippen LogP contribution in [0, 0.1) is 0 Å². The van der Waals surface area contributed by atoms with E-state index in [0.29, 0.717) is 0 Å². The van der Waals surface area contributed by atoms with E-state index in [0.717, 1.165) is 6.54 Å². The molecule has 19 heavy (non-hydrogen) atoms. The van der Waals surface area contributed by atoms with E-state index in [-0.39, 0.29) is 0 Å². The maximum Gasteiger partial charge on any atom is 0.0400 e. The van der Waals surface area contributed by atoms with Crippen LogP contribution in [0.4, 0.5) is 5.69 Å². The summed E-state index contributed by atoms with van der Waals surface area (Å²) < 4.78 is 0. The SMILES string of the molecule is CCCCCc1ccc(CNc2ccccc2)cc1. The molecule has 0 saturated heterocycles. The lowest BCUT2D eigenvalue weighted by molar-refractivity contribution is 0.717. The van der Waals surface area contributed by atoms with Crippen LogP contribution in [-0.2, 0) is 13.0 Å². The third-order valence-corrected chi connectivity index (χ3v) is 3.36. The lowest BCUT2D eigenvalue weighted by Gasteiger charge is -2.07. The summed E-state index contributed by atoms with van der Waals surface area (Å²) in [6.45, 7) is 3.14. The van der Waals surface area contributed by atoms with Crippen molar-refractivity contribution >= 4 is 5.69 Å². The zero-order valence-corrected chi connectivity index (χ0v) is 11.7. The Labute approximate surface area is 116 Å². The van der Waals surface area contributed by atoms with Crippen LogP contribution in [0.1, 0.15) is 37.3 Å². The van der Waals surface area contributed by atoms with Crippen molar-refractivity contribution in [3.8, 4) is 0 Å². The van der Waals surface area contributed by atoms with Gasteiger partial charge in [0, 0.05) is 12.2 Å². The number of nitrogens with one attached hydrogen (secondary N) is 1. The Hall–Kier alpha value is -1.76. The fraction of sp³-hybridized carbons (Fsp3) is 0.333. The molecule has 2 aromatic rings. The minimum atomic E-state index is 0.888. The molecule has 0 fully saturated rings. The molecule has 0 aliphatic heterocycles.